The second-order valence-corrected chi connectivity index (χ2v) is 17.1. The van der Waals surface area contributed by atoms with Gasteiger partial charge in [0.2, 0.25) is 0 Å². The summed E-state index contributed by atoms with van der Waals surface area (Å²) in [6, 6.07) is -0.833. The number of esters is 5. The number of carbonyl (C=O) groups excluding carboxylic acids is 6. The molecule has 2 saturated heterocycles. The van der Waals surface area contributed by atoms with Gasteiger partial charge in [-0.25, -0.2) is 0 Å². The first kappa shape index (κ1) is 53.6. The lowest BCUT2D eigenvalue weighted by Crippen LogP contribution is -2.66. The van der Waals surface area contributed by atoms with Gasteiger partial charge in [0.25, 0.3) is 0 Å². The third-order valence-corrected chi connectivity index (χ3v) is 11.5. The molecule has 0 aromatic heterocycles. The van der Waals surface area contributed by atoms with Gasteiger partial charge in [0.15, 0.2) is 24.3 Å². The van der Waals surface area contributed by atoms with Crippen molar-refractivity contribution in [2.24, 2.45) is 11.8 Å². The molecular weight excluding hydrogens is 826 g/mol. The Morgan fingerprint density at radius 2 is 1.57 bits per heavy atom. The number of aliphatic hydroxyl groups is 1. The van der Waals surface area contributed by atoms with Gasteiger partial charge in [0.05, 0.1) is 30.8 Å². The third-order valence-electron chi connectivity index (χ3n) is 11.5. The Balaban J connectivity index is 2.09. The zero-order chi connectivity index (χ0) is 47.2. The number of likely N-dealkylation sites (N-methyl/N-ethyl adjacent to an activating group) is 1. The first-order valence-corrected chi connectivity index (χ1v) is 21.9. The zero-order valence-corrected chi connectivity index (χ0v) is 38.9. The molecule has 2 fully saturated rings. The van der Waals surface area contributed by atoms with E-state index in [1.165, 1.54) is 21.0 Å². The number of hydrogen-bond acceptors (Lipinski definition) is 18. The highest BCUT2D eigenvalue weighted by atomic mass is 16.7. The van der Waals surface area contributed by atoms with Crippen molar-refractivity contribution >= 4 is 36.1 Å². The van der Waals surface area contributed by atoms with E-state index in [0.29, 0.717) is 12.7 Å². The van der Waals surface area contributed by atoms with Crippen molar-refractivity contribution in [3.63, 3.8) is 0 Å². The van der Waals surface area contributed by atoms with Gasteiger partial charge < -0.3 is 62.2 Å². The Hall–Kier alpha value is -3.78. The molecule has 16 atom stereocenters. The highest BCUT2D eigenvalue weighted by Crippen LogP contribution is 2.39. The molecule has 18 nitrogen and oxygen atoms in total. The van der Waals surface area contributed by atoms with Crippen LogP contribution in [0.25, 0.3) is 0 Å². The van der Waals surface area contributed by atoms with Crippen LogP contribution in [0.2, 0.25) is 0 Å². The summed E-state index contributed by atoms with van der Waals surface area (Å²) in [5.74, 6) is -4.06. The predicted molar refractivity (Wildman–Crippen MR) is 224 cm³/mol. The van der Waals surface area contributed by atoms with E-state index in [9.17, 15) is 33.9 Å². The lowest BCUT2D eigenvalue weighted by atomic mass is 9.82. The summed E-state index contributed by atoms with van der Waals surface area (Å²) >= 11 is 0. The van der Waals surface area contributed by atoms with Crippen molar-refractivity contribution in [2.45, 2.75) is 193 Å². The van der Waals surface area contributed by atoms with Crippen molar-refractivity contribution in [1.29, 1.82) is 0 Å². The normalized spacial score (nSPS) is 38.1. The van der Waals surface area contributed by atoms with Gasteiger partial charge in [0.1, 0.15) is 42.9 Å². The molecule has 0 radical (unpaired) electrons. The fourth-order valence-corrected chi connectivity index (χ4v) is 8.57. The Morgan fingerprint density at radius 3 is 2.16 bits per heavy atom. The van der Waals surface area contributed by atoms with Gasteiger partial charge in [0, 0.05) is 53.1 Å². The van der Waals surface area contributed by atoms with E-state index in [0.717, 1.165) is 0 Å². The topological polar surface area (TPSA) is 218 Å². The largest absolute Gasteiger partial charge is 0.462 e. The van der Waals surface area contributed by atoms with Crippen LogP contribution in [0.3, 0.4) is 0 Å². The first-order chi connectivity index (χ1) is 29.7. The fraction of sp³-hybridized carbons (Fsp3) is 0.778. The first-order valence-electron chi connectivity index (χ1n) is 21.9. The molecule has 1 N–H and O–H groups in total. The van der Waals surface area contributed by atoms with E-state index < -0.39 is 133 Å². The summed E-state index contributed by atoms with van der Waals surface area (Å²) in [7, 11) is 4.82. The fourth-order valence-electron chi connectivity index (χ4n) is 8.57. The van der Waals surface area contributed by atoms with Gasteiger partial charge in [-0.3, -0.25) is 24.0 Å². The van der Waals surface area contributed by atoms with Crippen LogP contribution < -0.4 is 0 Å². The molecule has 0 spiro atoms. The number of cyclic esters (lactones) is 1. The maximum Gasteiger partial charge on any atom is 0.309 e. The maximum absolute atomic E-state index is 13.4. The molecule has 0 bridgehead atoms. The number of aldehydes is 1. The molecule has 18 heteroatoms. The molecule has 0 aliphatic carbocycles. The van der Waals surface area contributed by atoms with Crippen LogP contribution in [0, 0.1) is 11.8 Å². The molecular formula is C45H71NO17. The van der Waals surface area contributed by atoms with Crippen LogP contribution in [0.4, 0.5) is 0 Å². The Labute approximate surface area is 371 Å². The van der Waals surface area contributed by atoms with E-state index in [1.807, 2.05) is 6.92 Å². The quantitative estimate of drug-likeness (QED) is 0.148. The molecule has 63 heavy (non-hydrogen) atoms. The highest BCUT2D eigenvalue weighted by Gasteiger charge is 2.54. The predicted octanol–water partition coefficient (Wildman–Crippen LogP) is 3.91. The lowest BCUT2D eigenvalue weighted by Gasteiger charge is -2.50. The van der Waals surface area contributed by atoms with E-state index >= 15 is 0 Å². The molecule has 3 aliphatic rings. The Bertz CT molecular complexity index is 1590. The molecule has 3 aliphatic heterocycles. The molecule has 0 amide bonds. The minimum Gasteiger partial charge on any atom is -0.462 e. The third kappa shape index (κ3) is 15.4. The number of carbonyl (C=O) groups is 6. The summed E-state index contributed by atoms with van der Waals surface area (Å²) in [5.41, 5.74) is -1.33. The van der Waals surface area contributed by atoms with Crippen LogP contribution in [-0.4, -0.2) is 153 Å². The SMILES string of the molecule is CCC(=O)O[C@@H]1CC(=O)O[C@H](C)C/C=C/C=C/[C@H](OC(C)=O)[C@H](C)C[C@@H](CC=O)[C@@H](O[C@@H]2O[C@H](C)[C@@H](O[C@H]3C[C@@](C)(OC(C)=O)[C@@H](OC(=O)CC)[C@H](C)O3)[C@H](N(C)C)[C@H]2O)[C@@H]1OC. The zero-order valence-electron chi connectivity index (χ0n) is 38.9. The van der Waals surface area contributed by atoms with Crippen LogP contribution in [0.15, 0.2) is 24.3 Å². The second-order valence-electron chi connectivity index (χ2n) is 17.1. The van der Waals surface area contributed by atoms with Crippen LogP contribution in [0.5, 0.6) is 0 Å². The van der Waals surface area contributed by atoms with Gasteiger partial charge in [-0.2, -0.15) is 0 Å². The summed E-state index contributed by atoms with van der Waals surface area (Å²) in [4.78, 5) is 77.6. The van der Waals surface area contributed by atoms with E-state index in [2.05, 4.69) is 0 Å². The van der Waals surface area contributed by atoms with Crippen molar-refractivity contribution in [3.05, 3.63) is 24.3 Å². The van der Waals surface area contributed by atoms with Gasteiger partial charge >= 0.3 is 29.8 Å². The smallest absolute Gasteiger partial charge is 0.309 e. The Kier molecular flexibility index (Phi) is 21.3. The van der Waals surface area contributed by atoms with Crippen LogP contribution in [0.1, 0.15) is 107 Å². The second kappa shape index (κ2) is 25.1. The van der Waals surface area contributed by atoms with Crippen LogP contribution in [-0.2, 0) is 76.1 Å². The maximum atomic E-state index is 13.4. The average Bonchev–Trinajstić information content (AvgIpc) is 3.18. The molecule has 3 rings (SSSR count). The monoisotopic (exact) mass is 897 g/mol. The average molecular weight is 898 g/mol. The molecule has 0 aromatic rings. The van der Waals surface area contributed by atoms with Gasteiger partial charge in [-0.1, -0.05) is 39.0 Å². The molecule has 358 valence electrons. The summed E-state index contributed by atoms with van der Waals surface area (Å²) in [6.45, 7) is 14.4. The Morgan fingerprint density at radius 1 is 0.905 bits per heavy atom. The summed E-state index contributed by atoms with van der Waals surface area (Å²) < 4.78 is 60.7. The van der Waals surface area contributed by atoms with E-state index in [4.69, 9.17) is 47.4 Å². The van der Waals surface area contributed by atoms with Crippen molar-refractivity contribution in [2.75, 3.05) is 21.2 Å². The molecule has 0 aromatic carbocycles. The number of ether oxygens (including phenoxy) is 10. The molecule has 0 unspecified atom stereocenters. The standard InChI is InChI=1S/C45H71NO17/c1-13-34(50)59-33-23-36(52)55-26(4)18-16-15-17-19-32(58-29(7)48)25(3)22-31(20-21-47)41(42(33)54-12)62-44-39(53)38(46(10)11)40(27(5)57-44)61-37-24-45(9,63-30(8)49)43(28(6)56-37)60-35(51)14-2/h15-17,19,21,25-28,31-33,37-44,53H,13-14,18,20,22-24H2,1-12H3/b16-15+,19-17+/t25-,26-,27-,28+,31-,32+,33-,37+,38-,39-,40-,41-,42-,43+,44+,45-/m1/s1. The minimum atomic E-state index is -1.45. The van der Waals surface area contributed by atoms with E-state index in [-0.39, 0.29) is 32.1 Å². The highest BCUT2D eigenvalue weighted by molar-refractivity contribution is 5.73. The van der Waals surface area contributed by atoms with Gasteiger partial charge in [-0.05, 0) is 66.1 Å². The van der Waals surface area contributed by atoms with Gasteiger partial charge in [-0.15, -0.1) is 0 Å². The van der Waals surface area contributed by atoms with E-state index in [1.54, 1.807) is 84.8 Å². The number of allylic oxidation sites excluding steroid dienone is 2. The summed E-state index contributed by atoms with van der Waals surface area (Å²) in [5, 5.41) is 12.2. The molecule has 0 saturated carbocycles. The number of nitrogens with zero attached hydrogens (tertiary/aromatic N) is 1. The number of aliphatic hydroxyl groups excluding tert-OH is 1. The van der Waals surface area contributed by atoms with Crippen molar-refractivity contribution in [1.82, 2.24) is 4.90 Å². The van der Waals surface area contributed by atoms with Crippen LogP contribution >= 0.6 is 0 Å². The number of hydrogen-bond donors (Lipinski definition) is 1. The summed E-state index contributed by atoms with van der Waals surface area (Å²) in [6.07, 6.45) is -4.48. The number of methoxy groups -OCH3 is 1. The molecule has 3 heterocycles. The lowest BCUT2D eigenvalue weighted by molar-refractivity contribution is -0.344. The van der Waals surface area contributed by atoms with Crippen molar-refractivity contribution < 1.29 is 81.2 Å². The minimum absolute atomic E-state index is 0.0260. The van der Waals surface area contributed by atoms with Crippen molar-refractivity contribution in [3.8, 4) is 0 Å². The number of rotatable bonds is 14.